The highest BCUT2D eigenvalue weighted by molar-refractivity contribution is 4.54. The summed E-state index contributed by atoms with van der Waals surface area (Å²) in [5, 5.41) is 12.2. The Balaban J connectivity index is 2.91. The number of aliphatic hydroxyl groups is 1. The fourth-order valence-electron chi connectivity index (χ4n) is 1.24. The summed E-state index contributed by atoms with van der Waals surface area (Å²) in [5.41, 5.74) is 0. The fourth-order valence-corrected chi connectivity index (χ4v) is 1.24. The number of aliphatic hydroxyl groups excluding tert-OH is 1. The van der Waals surface area contributed by atoms with Crippen LogP contribution < -0.4 is 5.32 Å². The van der Waals surface area contributed by atoms with Gasteiger partial charge in [0.05, 0.1) is 0 Å². The second-order valence-corrected chi connectivity index (χ2v) is 3.89. The lowest BCUT2D eigenvalue weighted by atomic mass is 10.1. The van der Waals surface area contributed by atoms with Crippen molar-refractivity contribution >= 4 is 0 Å². The summed E-state index contributed by atoms with van der Waals surface area (Å²) in [6.07, 6.45) is 6.39. The van der Waals surface area contributed by atoms with E-state index in [0.717, 1.165) is 19.5 Å². The SMILES string of the molecule is CCCCCCNCCC(C)CO. The molecule has 0 heterocycles. The molecule has 0 aliphatic carbocycles. The molecule has 2 N–H and O–H groups in total. The number of unbranched alkanes of at least 4 members (excludes halogenated alkanes) is 3. The van der Waals surface area contributed by atoms with Crippen LogP contribution in [0.3, 0.4) is 0 Å². The molecule has 0 aromatic heterocycles. The number of nitrogens with one attached hydrogen (secondary N) is 1. The van der Waals surface area contributed by atoms with Gasteiger partial charge in [0, 0.05) is 6.61 Å². The van der Waals surface area contributed by atoms with Gasteiger partial charge in [-0.25, -0.2) is 0 Å². The van der Waals surface area contributed by atoms with Gasteiger partial charge in [0.1, 0.15) is 0 Å². The average Bonchev–Trinajstić information content (AvgIpc) is 2.16. The molecular weight excluding hydrogens is 162 g/mol. The van der Waals surface area contributed by atoms with Gasteiger partial charge in [-0.1, -0.05) is 33.1 Å². The molecule has 0 aliphatic rings. The Morgan fingerprint density at radius 1 is 1.15 bits per heavy atom. The molecule has 0 bridgehead atoms. The molecule has 0 amide bonds. The zero-order valence-electron chi connectivity index (χ0n) is 9.18. The van der Waals surface area contributed by atoms with Crippen molar-refractivity contribution in [3.8, 4) is 0 Å². The summed E-state index contributed by atoms with van der Waals surface area (Å²) in [6.45, 7) is 6.82. The predicted molar refractivity (Wildman–Crippen MR) is 57.9 cm³/mol. The number of rotatable bonds is 9. The van der Waals surface area contributed by atoms with Crippen LogP contribution in [-0.4, -0.2) is 24.8 Å². The van der Waals surface area contributed by atoms with Gasteiger partial charge in [0.25, 0.3) is 0 Å². The lowest BCUT2D eigenvalue weighted by Gasteiger charge is -2.08. The van der Waals surface area contributed by atoms with Crippen LogP contribution in [-0.2, 0) is 0 Å². The van der Waals surface area contributed by atoms with E-state index in [-0.39, 0.29) is 0 Å². The van der Waals surface area contributed by atoms with Crippen molar-refractivity contribution in [1.82, 2.24) is 5.32 Å². The summed E-state index contributed by atoms with van der Waals surface area (Å²) in [4.78, 5) is 0. The third kappa shape index (κ3) is 9.84. The molecule has 0 rings (SSSR count). The Morgan fingerprint density at radius 3 is 2.54 bits per heavy atom. The van der Waals surface area contributed by atoms with Crippen LogP contribution in [0.1, 0.15) is 46.0 Å². The highest BCUT2D eigenvalue weighted by Gasteiger charge is 1.97. The summed E-state index contributed by atoms with van der Waals surface area (Å²) >= 11 is 0. The monoisotopic (exact) mass is 187 g/mol. The van der Waals surface area contributed by atoms with Crippen LogP contribution in [0.2, 0.25) is 0 Å². The molecule has 0 aromatic rings. The lowest BCUT2D eigenvalue weighted by molar-refractivity contribution is 0.229. The second kappa shape index (κ2) is 10.0. The highest BCUT2D eigenvalue weighted by atomic mass is 16.3. The zero-order chi connectivity index (χ0) is 9.94. The summed E-state index contributed by atoms with van der Waals surface area (Å²) < 4.78 is 0. The fraction of sp³-hybridized carbons (Fsp3) is 1.00. The maximum Gasteiger partial charge on any atom is 0.0457 e. The molecule has 0 spiro atoms. The van der Waals surface area contributed by atoms with Gasteiger partial charge < -0.3 is 10.4 Å². The summed E-state index contributed by atoms with van der Waals surface area (Å²) in [6, 6.07) is 0. The third-order valence-electron chi connectivity index (χ3n) is 2.33. The molecule has 1 unspecified atom stereocenters. The van der Waals surface area contributed by atoms with Crippen molar-refractivity contribution in [2.45, 2.75) is 46.0 Å². The Kier molecular flexibility index (Phi) is 9.94. The van der Waals surface area contributed by atoms with Gasteiger partial charge >= 0.3 is 0 Å². The van der Waals surface area contributed by atoms with Crippen LogP contribution >= 0.6 is 0 Å². The number of hydrogen-bond acceptors (Lipinski definition) is 2. The molecule has 0 aromatic carbocycles. The van der Waals surface area contributed by atoms with E-state index >= 15 is 0 Å². The minimum absolute atomic E-state index is 0.317. The van der Waals surface area contributed by atoms with Crippen molar-refractivity contribution in [3.05, 3.63) is 0 Å². The number of hydrogen-bond donors (Lipinski definition) is 2. The van der Waals surface area contributed by atoms with Crippen LogP contribution in [0.5, 0.6) is 0 Å². The van der Waals surface area contributed by atoms with E-state index in [1.165, 1.54) is 25.7 Å². The van der Waals surface area contributed by atoms with E-state index in [0.29, 0.717) is 12.5 Å². The Hall–Kier alpha value is -0.0800. The van der Waals surface area contributed by atoms with Gasteiger partial charge in [0.15, 0.2) is 0 Å². The van der Waals surface area contributed by atoms with Crippen molar-refractivity contribution < 1.29 is 5.11 Å². The quantitative estimate of drug-likeness (QED) is 0.542. The minimum Gasteiger partial charge on any atom is -0.396 e. The van der Waals surface area contributed by atoms with E-state index < -0.39 is 0 Å². The minimum atomic E-state index is 0.317. The maximum atomic E-state index is 8.78. The van der Waals surface area contributed by atoms with Crippen molar-refractivity contribution in [1.29, 1.82) is 0 Å². The lowest BCUT2D eigenvalue weighted by Crippen LogP contribution is -2.19. The molecule has 0 fully saturated rings. The maximum absolute atomic E-state index is 8.78. The average molecular weight is 187 g/mol. The van der Waals surface area contributed by atoms with Crippen molar-refractivity contribution in [2.24, 2.45) is 5.92 Å². The first-order chi connectivity index (χ1) is 6.31. The largest absolute Gasteiger partial charge is 0.396 e. The van der Waals surface area contributed by atoms with Crippen LogP contribution in [0.25, 0.3) is 0 Å². The van der Waals surface area contributed by atoms with E-state index in [9.17, 15) is 0 Å². The first-order valence-electron chi connectivity index (χ1n) is 5.62. The normalized spacial score (nSPS) is 13.2. The molecule has 0 radical (unpaired) electrons. The Morgan fingerprint density at radius 2 is 1.92 bits per heavy atom. The van der Waals surface area contributed by atoms with Crippen LogP contribution in [0, 0.1) is 5.92 Å². The van der Waals surface area contributed by atoms with E-state index in [4.69, 9.17) is 5.11 Å². The molecule has 13 heavy (non-hydrogen) atoms. The summed E-state index contributed by atoms with van der Waals surface area (Å²) in [5.74, 6) is 0.447. The topological polar surface area (TPSA) is 32.3 Å². The standard InChI is InChI=1S/C11H25NO/c1-3-4-5-6-8-12-9-7-11(2)10-13/h11-13H,3-10H2,1-2H3. The van der Waals surface area contributed by atoms with E-state index in [2.05, 4.69) is 19.2 Å². The predicted octanol–water partition coefficient (Wildman–Crippen LogP) is 2.17. The Bertz CT molecular complexity index is 96.1. The van der Waals surface area contributed by atoms with E-state index in [1.807, 2.05) is 0 Å². The van der Waals surface area contributed by atoms with Gasteiger partial charge in [-0.05, 0) is 31.8 Å². The molecule has 0 saturated heterocycles. The van der Waals surface area contributed by atoms with E-state index in [1.54, 1.807) is 0 Å². The van der Waals surface area contributed by atoms with Gasteiger partial charge in [-0.3, -0.25) is 0 Å². The molecule has 2 heteroatoms. The van der Waals surface area contributed by atoms with Crippen molar-refractivity contribution in [3.63, 3.8) is 0 Å². The zero-order valence-corrected chi connectivity index (χ0v) is 9.18. The Labute approximate surface area is 82.7 Å². The van der Waals surface area contributed by atoms with Gasteiger partial charge in [0.2, 0.25) is 0 Å². The first-order valence-corrected chi connectivity index (χ1v) is 5.62. The van der Waals surface area contributed by atoms with Gasteiger partial charge in [-0.15, -0.1) is 0 Å². The molecule has 0 saturated carbocycles. The third-order valence-corrected chi connectivity index (χ3v) is 2.33. The molecular formula is C11H25NO. The molecule has 2 nitrogen and oxygen atoms in total. The van der Waals surface area contributed by atoms with Crippen LogP contribution in [0.4, 0.5) is 0 Å². The molecule has 1 atom stereocenters. The van der Waals surface area contributed by atoms with Crippen LogP contribution in [0.15, 0.2) is 0 Å². The highest BCUT2D eigenvalue weighted by Crippen LogP contribution is 1.99. The summed E-state index contributed by atoms with van der Waals surface area (Å²) in [7, 11) is 0. The molecule has 80 valence electrons. The molecule has 0 aliphatic heterocycles. The van der Waals surface area contributed by atoms with Gasteiger partial charge in [-0.2, -0.15) is 0 Å². The van der Waals surface area contributed by atoms with Crippen molar-refractivity contribution in [2.75, 3.05) is 19.7 Å². The second-order valence-electron chi connectivity index (χ2n) is 3.89. The first kappa shape index (κ1) is 12.9. The smallest absolute Gasteiger partial charge is 0.0457 e.